The molecule has 0 aliphatic carbocycles. The van der Waals surface area contributed by atoms with Crippen LogP contribution in [0, 0.1) is 24.4 Å². The van der Waals surface area contributed by atoms with Crippen LogP contribution in [0.2, 0.25) is 0 Å². The zero-order chi connectivity index (χ0) is 26.4. The third kappa shape index (κ3) is 6.34. The average Bonchev–Trinajstić information content (AvgIpc) is 3.22. The number of halogens is 3. The third-order valence-corrected chi connectivity index (χ3v) is 6.37. The number of rotatable bonds is 10. The third-order valence-electron chi connectivity index (χ3n) is 6.37. The number of nitrogens with zero attached hydrogens (tertiary/aromatic N) is 1. The maximum atomic E-state index is 14.3. The number of amides is 2. The van der Waals surface area contributed by atoms with E-state index >= 15 is 0 Å². The molecule has 1 heterocycles. The van der Waals surface area contributed by atoms with Crippen LogP contribution in [0.3, 0.4) is 0 Å². The van der Waals surface area contributed by atoms with Crippen molar-refractivity contribution in [2.24, 2.45) is 0 Å². The first-order valence-corrected chi connectivity index (χ1v) is 12.6. The van der Waals surface area contributed by atoms with E-state index in [0.29, 0.717) is 30.0 Å². The Balaban J connectivity index is 1.67. The van der Waals surface area contributed by atoms with Gasteiger partial charge < -0.3 is 14.6 Å². The largest absolute Gasteiger partial charge is 0.459 e. The lowest BCUT2D eigenvalue weighted by atomic mass is 10.0. The van der Waals surface area contributed by atoms with Crippen molar-refractivity contribution in [2.45, 2.75) is 52.5 Å². The minimum atomic E-state index is -1.17. The van der Waals surface area contributed by atoms with Crippen LogP contribution in [0.25, 0.3) is 22.1 Å². The van der Waals surface area contributed by atoms with Crippen LogP contribution in [0.15, 0.2) is 65.1 Å². The first kappa shape index (κ1) is 26.3. The fourth-order valence-corrected chi connectivity index (χ4v) is 4.47. The lowest BCUT2D eigenvalue weighted by Crippen LogP contribution is -2.36. The average molecular weight is 509 g/mol. The predicted octanol–water partition coefficient (Wildman–Crippen LogP) is 8.83. The van der Waals surface area contributed by atoms with Gasteiger partial charge in [-0.25, -0.2) is 18.0 Å². The van der Waals surface area contributed by atoms with E-state index in [9.17, 15) is 18.0 Å². The van der Waals surface area contributed by atoms with E-state index in [4.69, 9.17) is 4.42 Å². The molecule has 3 aromatic carbocycles. The molecule has 2 amide bonds. The summed E-state index contributed by atoms with van der Waals surface area (Å²) in [5, 5.41) is 3.24. The molecule has 194 valence electrons. The predicted molar refractivity (Wildman–Crippen MR) is 141 cm³/mol. The zero-order valence-corrected chi connectivity index (χ0v) is 21.1. The summed E-state index contributed by atoms with van der Waals surface area (Å²) in [5.74, 6) is -2.81. The number of carbonyl (C=O) groups excluding carboxylic acids is 1. The molecule has 4 nitrogen and oxygen atoms in total. The molecule has 0 saturated carbocycles. The van der Waals surface area contributed by atoms with E-state index in [1.165, 1.54) is 4.90 Å². The summed E-state index contributed by atoms with van der Waals surface area (Å²) in [6.07, 6.45) is 4.86. The SMILES string of the molecule is CCCCCCCN(Cc1oc2ccc(C)cc2c1-c1ccccc1)C(=O)Nc1c(F)cc(F)cc1F. The Morgan fingerprint density at radius 2 is 1.62 bits per heavy atom. The summed E-state index contributed by atoms with van der Waals surface area (Å²) in [4.78, 5) is 14.8. The minimum absolute atomic E-state index is 0.0992. The van der Waals surface area contributed by atoms with Gasteiger partial charge >= 0.3 is 6.03 Å². The number of anilines is 1. The molecule has 7 heteroatoms. The lowest BCUT2D eigenvalue weighted by molar-refractivity contribution is 0.203. The van der Waals surface area contributed by atoms with Gasteiger partial charge in [0.2, 0.25) is 0 Å². The highest BCUT2D eigenvalue weighted by atomic mass is 19.1. The van der Waals surface area contributed by atoms with Crippen molar-refractivity contribution in [1.82, 2.24) is 4.90 Å². The van der Waals surface area contributed by atoms with Gasteiger partial charge in [-0.1, -0.05) is 74.6 Å². The molecule has 0 radical (unpaired) electrons. The molecule has 1 N–H and O–H groups in total. The number of carbonyl (C=O) groups is 1. The van der Waals surface area contributed by atoms with E-state index in [1.54, 1.807) is 0 Å². The molecule has 4 rings (SSSR count). The molecule has 0 bridgehead atoms. The van der Waals surface area contributed by atoms with Gasteiger partial charge in [0.05, 0.1) is 6.54 Å². The first-order valence-electron chi connectivity index (χ1n) is 12.6. The van der Waals surface area contributed by atoms with Gasteiger partial charge in [0, 0.05) is 29.6 Å². The molecule has 37 heavy (non-hydrogen) atoms. The zero-order valence-electron chi connectivity index (χ0n) is 21.1. The van der Waals surface area contributed by atoms with Gasteiger partial charge in [-0.05, 0) is 31.0 Å². The monoisotopic (exact) mass is 508 g/mol. The standard InChI is InChI=1S/C30H31F3N2O2/c1-3-4-5-6-10-15-35(30(36)34-29-24(32)17-22(31)18-25(29)33)19-27-28(21-11-8-7-9-12-21)23-16-20(2)13-14-26(23)37-27/h7-9,11-14,16-18H,3-6,10,15,19H2,1-2H3,(H,34,36). The summed E-state index contributed by atoms with van der Waals surface area (Å²) in [6.45, 7) is 4.59. The highest BCUT2D eigenvalue weighted by Gasteiger charge is 2.23. The van der Waals surface area contributed by atoms with E-state index in [1.807, 2.05) is 55.5 Å². The number of benzene rings is 3. The summed E-state index contributed by atoms with van der Waals surface area (Å²) in [7, 11) is 0. The number of unbranched alkanes of at least 4 members (excludes halogenated alkanes) is 4. The number of hydrogen-bond acceptors (Lipinski definition) is 2. The van der Waals surface area contributed by atoms with E-state index in [2.05, 4.69) is 12.2 Å². The molecule has 0 aliphatic rings. The van der Waals surface area contributed by atoms with Crippen molar-refractivity contribution in [3.05, 3.63) is 89.4 Å². The molecule has 0 fully saturated rings. The second kappa shape index (κ2) is 12.0. The Labute approximate surface area is 215 Å². The van der Waals surface area contributed by atoms with Crippen LogP contribution in [0.4, 0.5) is 23.7 Å². The van der Waals surface area contributed by atoms with Crippen LogP contribution in [0.1, 0.15) is 50.4 Å². The van der Waals surface area contributed by atoms with Crippen LogP contribution < -0.4 is 5.32 Å². The van der Waals surface area contributed by atoms with Gasteiger partial charge in [0.1, 0.15) is 22.8 Å². The van der Waals surface area contributed by atoms with E-state index in [0.717, 1.165) is 54.2 Å². The second-order valence-corrected chi connectivity index (χ2v) is 9.28. The Kier molecular flexibility index (Phi) is 8.54. The number of furan rings is 1. The minimum Gasteiger partial charge on any atom is -0.459 e. The Hall–Kier alpha value is -3.74. The molecule has 0 aliphatic heterocycles. The maximum Gasteiger partial charge on any atom is 0.322 e. The maximum absolute atomic E-state index is 14.3. The van der Waals surface area contributed by atoms with Crippen LogP contribution >= 0.6 is 0 Å². The van der Waals surface area contributed by atoms with Crippen LogP contribution in [-0.4, -0.2) is 17.5 Å². The number of nitrogens with one attached hydrogen (secondary N) is 1. The number of hydrogen-bond donors (Lipinski definition) is 1. The van der Waals surface area contributed by atoms with Gasteiger partial charge in [0.25, 0.3) is 0 Å². The topological polar surface area (TPSA) is 45.5 Å². The molecular formula is C30H31F3N2O2. The quantitative estimate of drug-likeness (QED) is 0.218. The Bertz CT molecular complexity index is 1350. The summed E-state index contributed by atoms with van der Waals surface area (Å²) in [6, 6.07) is 16.1. The van der Waals surface area contributed by atoms with Crippen molar-refractivity contribution in [3.63, 3.8) is 0 Å². The van der Waals surface area contributed by atoms with Crippen molar-refractivity contribution < 1.29 is 22.4 Å². The van der Waals surface area contributed by atoms with Crippen LogP contribution in [0.5, 0.6) is 0 Å². The van der Waals surface area contributed by atoms with Gasteiger partial charge in [0.15, 0.2) is 11.6 Å². The summed E-state index contributed by atoms with van der Waals surface area (Å²) in [5.41, 5.74) is 2.91. The van der Waals surface area contributed by atoms with Gasteiger partial charge in [-0.15, -0.1) is 0 Å². The van der Waals surface area contributed by atoms with E-state index < -0.39 is 29.2 Å². The Morgan fingerprint density at radius 3 is 2.32 bits per heavy atom. The first-order chi connectivity index (χ1) is 17.9. The molecular weight excluding hydrogens is 477 g/mol. The van der Waals surface area contributed by atoms with Crippen molar-refractivity contribution in [3.8, 4) is 11.1 Å². The highest BCUT2D eigenvalue weighted by molar-refractivity contribution is 5.96. The molecule has 0 saturated heterocycles. The summed E-state index contributed by atoms with van der Waals surface area (Å²) >= 11 is 0. The van der Waals surface area contributed by atoms with Crippen molar-refractivity contribution in [1.29, 1.82) is 0 Å². The van der Waals surface area contributed by atoms with E-state index in [-0.39, 0.29) is 6.54 Å². The lowest BCUT2D eigenvalue weighted by Gasteiger charge is -2.23. The molecule has 0 atom stereocenters. The number of urea groups is 1. The fourth-order valence-electron chi connectivity index (χ4n) is 4.47. The molecule has 1 aromatic heterocycles. The van der Waals surface area contributed by atoms with Gasteiger partial charge in [-0.2, -0.15) is 0 Å². The molecule has 0 spiro atoms. The fraction of sp³-hybridized carbons (Fsp3) is 0.300. The van der Waals surface area contributed by atoms with Gasteiger partial charge in [-0.3, -0.25) is 0 Å². The number of fused-ring (bicyclic) bond motifs is 1. The smallest absolute Gasteiger partial charge is 0.322 e. The van der Waals surface area contributed by atoms with Crippen molar-refractivity contribution in [2.75, 3.05) is 11.9 Å². The van der Waals surface area contributed by atoms with Crippen molar-refractivity contribution >= 4 is 22.7 Å². The second-order valence-electron chi connectivity index (χ2n) is 9.28. The highest BCUT2D eigenvalue weighted by Crippen LogP contribution is 2.36. The summed E-state index contributed by atoms with van der Waals surface area (Å²) < 4.78 is 48.2. The molecule has 0 unspecified atom stereocenters. The molecule has 4 aromatic rings. The normalized spacial score (nSPS) is 11.2. The van der Waals surface area contributed by atoms with Crippen LogP contribution in [-0.2, 0) is 6.54 Å². The number of aryl methyl sites for hydroxylation is 1. The Morgan fingerprint density at radius 1 is 0.919 bits per heavy atom.